The fraction of sp³-hybridized carbons (Fsp3) is 0.263. The first kappa shape index (κ1) is 16.0. The third-order valence-corrected chi connectivity index (χ3v) is 3.58. The molecule has 0 aliphatic rings. The van der Waals surface area contributed by atoms with Crippen LogP contribution in [0.15, 0.2) is 60.7 Å². The minimum atomic E-state index is -0.678. The Hall–Kier alpha value is -2.42. The number of hydrogen-bond donors (Lipinski definition) is 0. The van der Waals surface area contributed by atoms with Crippen LogP contribution in [0.2, 0.25) is 0 Å². The van der Waals surface area contributed by atoms with Gasteiger partial charge in [0.2, 0.25) is 0 Å². The minimum Gasteiger partial charge on any atom is -0.454 e. The zero-order chi connectivity index (χ0) is 15.9. The van der Waals surface area contributed by atoms with Crippen LogP contribution in [0.4, 0.5) is 0 Å². The summed E-state index contributed by atoms with van der Waals surface area (Å²) >= 11 is 0. The Kier molecular flexibility index (Phi) is 5.48. The lowest BCUT2D eigenvalue weighted by Gasteiger charge is -2.20. The van der Waals surface area contributed by atoms with E-state index in [-0.39, 0.29) is 11.8 Å². The van der Waals surface area contributed by atoms with Gasteiger partial charge in [-0.25, -0.2) is 0 Å². The highest BCUT2D eigenvalue weighted by molar-refractivity contribution is 5.87. The molecule has 3 heteroatoms. The molecule has 0 amide bonds. The van der Waals surface area contributed by atoms with Crippen LogP contribution in [0.1, 0.15) is 37.3 Å². The maximum atomic E-state index is 12.6. The lowest BCUT2D eigenvalue weighted by atomic mass is 9.91. The van der Waals surface area contributed by atoms with E-state index in [1.807, 2.05) is 67.6 Å². The molecule has 1 atom stereocenters. The molecule has 0 aromatic heterocycles. The summed E-state index contributed by atoms with van der Waals surface area (Å²) in [7, 11) is 0. The number of Topliss-reactive ketones (excluding diaryl/α,β-unsaturated/α-hetero) is 1. The third-order valence-electron chi connectivity index (χ3n) is 3.58. The SMILES string of the molecule is CCC(OC(=O)C(c1ccccc1)c1ccccc1)C(C)=O. The molecule has 3 nitrogen and oxygen atoms in total. The van der Waals surface area contributed by atoms with Crippen molar-refractivity contribution in [1.82, 2.24) is 0 Å². The third kappa shape index (κ3) is 3.82. The minimum absolute atomic E-state index is 0.129. The van der Waals surface area contributed by atoms with E-state index in [1.165, 1.54) is 6.92 Å². The van der Waals surface area contributed by atoms with Crippen LogP contribution in [-0.4, -0.2) is 17.9 Å². The van der Waals surface area contributed by atoms with Crippen molar-refractivity contribution in [2.75, 3.05) is 0 Å². The Labute approximate surface area is 130 Å². The zero-order valence-corrected chi connectivity index (χ0v) is 12.9. The van der Waals surface area contributed by atoms with Crippen molar-refractivity contribution in [3.8, 4) is 0 Å². The highest BCUT2D eigenvalue weighted by Crippen LogP contribution is 2.26. The topological polar surface area (TPSA) is 43.4 Å². The van der Waals surface area contributed by atoms with Crippen molar-refractivity contribution in [3.63, 3.8) is 0 Å². The molecule has 0 spiro atoms. The predicted molar refractivity (Wildman–Crippen MR) is 85.6 cm³/mol. The number of ether oxygens (including phenoxy) is 1. The van der Waals surface area contributed by atoms with Crippen LogP contribution >= 0.6 is 0 Å². The second kappa shape index (κ2) is 7.55. The summed E-state index contributed by atoms with van der Waals surface area (Å²) in [6.45, 7) is 3.28. The molecule has 0 N–H and O–H groups in total. The van der Waals surface area contributed by atoms with Gasteiger partial charge in [-0.05, 0) is 24.5 Å². The lowest BCUT2D eigenvalue weighted by molar-refractivity contribution is -0.155. The fourth-order valence-corrected chi connectivity index (χ4v) is 2.42. The molecule has 0 saturated carbocycles. The molecule has 0 saturated heterocycles. The summed E-state index contributed by atoms with van der Waals surface area (Å²) in [6.07, 6.45) is -0.195. The Bertz CT molecular complexity index is 580. The van der Waals surface area contributed by atoms with E-state index in [0.717, 1.165) is 11.1 Å². The maximum Gasteiger partial charge on any atom is 0.318 e. The normalized spacial score (nSPS) is 12.0. The molecular weight excluding hydrogens is 276 g/mol. The van der Waals surface area contributed by atoms with E-state index in [4.69, 9.17) is 4.74 Å². The van der Waals surface area contributed by atoms with E-state index in [9.17, 15) is 9.59 Å². The number of carbonyl (C=O) groups is 2. The number of ketones is 1. The smallest absolute Gasteiger partial charge is 0.318 e. The Morgan fingerprint density at radius 3 is 1.73 bits per heavy atom. The van der Waals surface area contributed by atoms with Crippen molar-refractivity contribution < 1.29 is 14.3 Å². The van der Waals surface area contributed by atoms with Crippen LogP contribution in [0, 0.1) is 0 Å². The average molecular weight is 296 g/mol. The molecule has 0 aliphatic heterocycles. The molecule has 2 aromatic rings. The Balaban J connectivity index is 2.33. The van der Waals surface area contributed by atoms with Gasteiger partial charge >= 0.3 is 5.97 Å². The number of rotatable bonds is 6. The van der Waals surface area contributed by atoms with Crippen molar-refractivity contribution in [2.24, 2.45) is 0 Å². The van der Waals surface area contributed by atoms with E-state index in [1.54, 1.807) is 0 Å². The van der Waals surface area contributed by atoms with Gasteiger partial charge in [-0.1, -0.05) is 67.6 Å². The fourth-order valence-electron chi connectivity index (χ4n) is 2.42. The maximum absolute atomic E-state index is 12.6. The summed E-state index contributed by atoms with van der Waals surface area (Å²) in [5.74, 6) is -1.04. The number of benzene rings is 2. The molecule has 114 valence electrons. The molecular formula is C19H20O3. The molecule has 0 bridgehead atoms. The first-order valence-corrected chi connectivity index (χ1v) is 7.44. The van der Waals surface area contributed by atoms with Gasteiger partial charge in [-0.2, -0.15) is 0 Å². The monoisotopic (exact) mass is 296 g/mol. The van der Waals surface area contributed by atoms with Crippen LogP contribution in [-0.2, 0) is 14.3 Å². The highest BCUT2D eigenvalue weighted by Gasteiger charge is 2.27. The van der Waals surface area contributed by atoms with Crippen molar-refractivity contribution in [2.45, 2.75) is 32.3 Å². The van der Waals surface area contributed by atoms with E-state index < -0.39 is 12.0 Å². The average Bonchev–Trinajstić information content (AvgIpc) is 2.54. The summed E-state index contributed by atoms with van der Waals surface area (Å²) in [5.41, 5.74) is 1.72. The molecule has 0 aliphatic carbocycles. The summed E-state index contributed by atoms with van der Waals surface area (Å²) in [5, 5.41) is 0. The lowest BCUT2D eigenvalue weighted by Crippen LogP contribution is -2.28. The molecule has 0 heterocycles. The highest BCUT2D eigenvalue weighted by atomic mass is 16.5. The van der Waals surface area contributed by atoms with Crippen molar-refractivity contribution in [1.29, 1.82) is 0 Å². The van der Waals surface area contributed by atoms with E-state index in [2.05, 4.69) is 0 Å². The quantitative estimate of drug-likeness (QED) is 0.763. The first-order valence-electron chi connectivity index (χ1n) is 7.44. The largest absolute Gasteiger partial charge is 0.454 e. The molecule has 0 fully saturated rings. The van der Waals surface area contributed by atoms with Crippen LogP contribution in [0.5, 0.6) is 0 Å². The first-order chi connectivity index (χ1) is 10.6. The predicted octanol–water partition coefficient (Wildman–Crippen LogP) is 3.73. The molecule has 2 rings (SSSR count). The Morgan fingerprint density at radius 2 is 1.36 bits per heavy atom. The zero-order valence-electron chi connectivity index (χ0n) is 12.9. The Morgan fingerprint density at radius 1 is 0.909 bits per heavy atom. The van der Waals surface area contributed by atoms with Gasteiger partial charge in [0.05, 0.1) is 0 Å². The van der Waals surface area contributed by atoms with E-state index >= 15 is 0 Å². The number of hydrogen-bond acceptors (Lipinski definition) is 3. The van der Waals surface area contributed by atoms with Crippen LogP contribution in [0.25, 0.3) is 0 Å². The number of esters is 1. The molecule has 0 radical (unpaired) electrons. The van der Waals surface area contributed by atoms with Crippen molar-refractivity contribution >= 4 is 11.8 Å². The summed E-state index contributed by atoms with van der Waals surface area (Å²) < 4.78 is 5.44. The summed E-state index contributed by atoms with van der Waals surface area (Å²) in [4.78, 5) is 24.2. The van der Waals surface area contributed by atoms with Gasteiger partial charge in [-0.15, -0.1) is 0 Å². The second-order valence-electron chi connectivity index (χ2n) is 5.20. The second-order valence-corrected chi connectivity index (χ2v) is 5.20. The van der Waals surface area contributed by atoms with Gasteiger partial charge in [0.15, 0.2) is 11.9 Å². The van der Waals surface area contributed by atoms with Crippen LogP contribution in [0.3, 0.4) is 0 Å². The van der Waals surface area contributed by atoms with Gasteiger partial charge in [-0.3, -0.25) is 9.59 Å². The molecule has 1 unspecified atom stereocenters. The van der Waals surface area contributed by atoms with Gasteiger partial charge < -0.3 is 4.74 Å². The summed E-state index contributed by atoms with van der Waals surface area (Å²) in [6, 6.07) is 19.0. The number of carbonyl (C=O) groups excluding carboxylic acids is 2. The van der Waals surface area contributed by atoms with Crippen molar-refractivity contribution in [3.05, 3.63) is 71.8 Å². The van der Waals surface area contributed by atoms with Gasteiger partial charge in [0.25, 0.3) is 0 Å². The van der Waals surface area contributed by atoms with Crippen LogP contribution < -0.4 is 0 Å². The van der Waals surface area contributed by atoms with Gasteiger partial charge in [0, 0.05) is 0 Å². The van der Waals surface area contributed by atoms with Gasteiger partial charge in [0.1, 0.15) is 5.92 Å². The molecule has 22 heavy (non-hydrogen) atoms. The van der Waals surface area contributed by atoms with E-state index in [0.29, 0.717) is 6.42 Å². The molecule has 2 aromatic carbocycles. The standard InChI is InChI=1S/C19H20O3/c1-3-17(14(2)20)22-19(21)18(15-10-6-4-7-11-15)16-12-8-5-9-13-16/h4-13,17-18H,3H2,1-2H3.